The molecule has 1 saturated carbocycles. The van der Waals surface area contributed by atoms with E-state index >= 15 is 0 Å². The first-order valence-electron chi connectivity index (χ1n) is 6.61. The molecule has 1 aromatic rings. The van der Waals surface area contributed by atoms with Gasteiger partial charge in [0, 0.05) is 5.02 Å². The second kappa shape index (κ2) is 6.11. The monoisotopic (exact) mass is 263 g/mol. The molecular weight excluding hydrogens is 246 g/mol. The fraction of sp³-hybridized carbons (Fsp3) is 0.533. The highest BCUT2D eigenvalue weighted by Crippen LogP contribution is 2.32. The van der Waals surface area contributed by atoms with E-state index in [1.54, 1.807) is 12.1 Å². The van der Waals surface area contributed by atoms with Gasteiger partial charge in [0.15, 0.2) is 0 Å². The van der Waals surface area contributed by atoms with Gasteiger partial charge >= 0.3 is 0 Å². The largest absolute Gasteiger partial charge is 0.489 e. The zero-order valence-corrected chi connectivity index (χ0v) is 11.4. The molecule has 1 aliphatic carbocycles. The molecule has 0 aliphatic heterocycles. The molecular formula is C15H18ClNO. The Morgan fingerprint density at radius 3 is 2.89 bits per heavy atom. The normalized spacial score (nSPS) is 23.4. The van der Waals surface area contributed by atoms with Gasteiger partial charge in [-0.2, -0.15) is 5.26 Å². The first-order chi connectivity index (χ1) is 8.74. The topological polar surface area (TPSA) is 33.0 Å². The van der Waals surface area contributed by atoms with Crippen LogP contribution in [-0.2, 0) is 0 Å². The van der Waals surface area contributed by atoms with Crippen molar-refractivity contribution in [2.45, 2.75) is 45.1 Å². The molecule has 0 spiro atoms. The summed E-state index contributed by atoms with van der Waals surface area (Å²) in [6.45, 7) is 2.21. The Labute approximate surface area is 114 Å². The van der Waals surface area contributed by atoms with Crippen molar-refractivity contribution in [1.29, 1.82) is 5.26 Å². The second-order valence-electron chi connectivity index (χ2n) is 4.86. The number of halogens is 1. The van der Waals surface area contributed by atoms with Crippen molar-refractivity contribution in [3.05, 3.63) is 28.8 Å². The van der Waals surface area contributed by atoms with Crippen LogP contribution in [0, 0.1) is 17.2 Å². The Kier molecular flexibility index (Phi) is 4.49. The number of rotatable bonds is 3. The lowest BCUT2D eigenvalue weighted by Crippen LogP contribution is -2.30. The minimum atomic E-state index is 0.247. The Morgan fingerprint density at radius 1 is 1.39 bits per heavy atom. The Balaban J connectivity index is 2.15. The molecule has 96 valence electrons. The van der Waals surface area contributed by atoms with Crippen molar-refractivity contribution in [2.75, 3.05) is 0 Å². The van der Waals surface area contributed by atoms with E-state index in [2.05, 4.69) is 13.0 Å². The molecule has 0 aromatic heterocycles. The highest BCUT2D eigenvalue weighted by Gasteiger charge is 2.25. The van der Waals surface area contributed by atoms with E-state index < -0.39 is 0 Å². The molecule has 2 rings (SSSR count). The molecule has 2 nitrogen and oxygen atoms in total. The van der Waals surface area contributed by atoms with E-state index in [0.717, 1.165) is 12.8 Å². The van der Waals surface area contributed by atoms with Crippen molar-refractivity contribution in [3.8, 4) is 11.8 Å². The Morgan fingerprint density at radius 2 is 2.17 bits per heavy atom. The summed E-state index contributed by atoms with van der Waals surface area (Å²) >= 11 is 5.89. The summed E-state index contributed by atoms with van der Waals surface area (Å²) in [7, 11) is 0. The van der Waals surface area contributed by atoms with Crippen LogP contribution < -0.4 is 4.74 Å². The van der Waals surface area contributed by atoms with Crippen molar-refractivity contribution in [2.24, 2.45) is 5.92 Å². The molecule has 0 bridgehead atoms. The summed E-state index contributed by atoms with van der Waals surface area (Å²) in [6.07, 6.45) is 6.22. The SMILES string of the molecule is CCC1CCCCC1Oc1ccc(Cl)cc1C#N. The lowest BCUT2D eigenvalue weighted by atomic mass is 9.84. The molecule has 1 aromatic carbocycles. The van der Waals surface area contributed by atoms with Crippen LogP contribution in [0.25, 0.3) is 0 Å². The van der Waals surface area contributed by atoms with Crippen LogP contribution in [0.4, 0.5) is 0 Å². The van der Waals surface area contributed by atoms with Gasteiger partial charge in [0.2, 0.25) is 0 Å². The molecule has 2 unspecified atom stereocenters. The third kappa shape index (κ3) is 2.97. The van der Waals surface area contributed by atoms with E-state index in [4.69, 9.17) is 21.6 Å². The molecule has 1 aliphatic rings. The number of ether oxygens (including phenoxy) is 1. The van der Waals surface area contributed by atoms with Crippen molar-refractivity contribution in [3.63, 3.8) is 0 Å². The van der Waals surface area contributed by atoms with Crippen LogP contribution in [0.15, 0.2) is 18.2 Å². The van der Waals surface area contributed by atoms with Crippen LogP contribution in [0.5, 0.6) is 5.75 Å². The summed E-state index contributed by atoms with van der Waals surface area (Å²) in [6, 6.07) is 7.40. The van der Waals surface area contributed by atoms with Gasteiger partial charge in [0.1, 0.15) is 17.9 Å². The maximum absolute atomic E-state index is 9.11. The zero-order chi connectivity index (χ0) is 13.0. The second-order valence-corrected chi connectivity index (χ2v) is 5.30. The van der Waals surface area contributed by atoms with Gasteiger partial charge in [-0.05, 0) is 49.8 Å². The average Bonchev–Trinajstić information content (AvgIpc) is 2.41. The molecule has 2 atom stereocenters. The molecule has 1 fully saturated rings. The van der Waals surface area contributed by atoms with Gasteiger partial charge in [-0.15, -0.1) is 0 Å². The summed E-state index contributed by atoms with van der Waals surface area (Å²) in [4.78, 5) is 0. The fourth-order valence-electron chi connectivity index (χ4n) is 2.65. The summed E-state index contributed by atoms with van der Waals surface area (Å²) in [5.74, 6) is 1.29. The Hall–Kier alpha value is -1.20. The van der Waals surface area contributed by atoms with Gasteiger partial charge in [-0.3, -0.25) is 0 Å². The van der Waals surface area contributed by atoms with Crippen molar-refractivity contribution < 1.29 is 4.74 Å². The number of nitrogens with zero attached hydrogens (tertiary/aromatic N) is 1. The smallest absolute Gasteiger partial charge is 0.137 e. The molecule has 0 radical (unpaired) electrons. The first-order valence-corrected chi connectivity index (χ1v) is 6.98. The predicted octanol–water partition coefficient (Wildman–Crippen LogP) is 4.56. The molecule has 0 amide bonds. The summed E-state index contributed by atoms with van der Waals surface area (Å²) < 4.78 is 6.05. The van der Waals surface area contributed by atoms with E-state index in [1.807, 2.05) is 6.07 Å². The third-order valence-corrected chi connectivity index (χ3v) is 3.94. The molecule has 3 heteroatoms. The predicted molar refractivity (Wildman–Crippen MR) is 72.8 cm³/mol. The van der Waals surface area contributed by atoms with Gasteiger partial charge in [0.05, 0.1) is 5.56 Å². The number of nitriles is 1. The van der Waals surface area contributed by atoms with Crippen LogP contribution in [-0.4, -0.2) is 6.10 Å². The molecule has 18 heavy (non-hydrogen) atoms. The van der Waals surface area contributed by atoms with Gasteiger partial charge < -0.3 is 4.74 Å². The van der Waals surface area contributed by atoms with Crippen molar-refractivity contribution >= 4 is 11.6 Å². The molecule has 0 saturated heterocycles. The summed E-state index contributed by atoms with van der Waals surface area (Å²) in [5, 5.41) is 9.69. The van der Waals surface area contributed by atoms with Crippen LogP contribution in [0.1, 0.15) is 44.6 Å². The van der Waals surface area contributed by atoms with Gasteiger partial charge in [-0.1, -0.05) is 24.9 Å². The molecule has 0 N–H and O–H groups in total. The first kappa shape index (κ1) is 13.2. The zero-order valence-electron chi connectivity index (χ0n) is 10.7. The highest BCUT2D eigenvalue weighted by atomic mass is 35.5. The third-order valence-electron chi connectivity index (χ3n) is 3.70. The van der Waals surface area contributed by atoms with Gasteiger partial charge in [0.25, 0.3) is 0 Å². The fourth-order valence-corrected chi connectivity index (χ4v) is 2.82. The summed E-state index contributed by atoms with van der Waals surface area (Å²) in [5.41, 5.74) is 0.530. The van der Waals surface area contributed by atoms with Crippen LogP contribution in [0.3, 0.4) is 0 Å². The number of hydrogen-bond donors (Lipinski definition) is 0. The minimum Gasteiger partial charge on any atom is -0.489 e. The molecule has 0 heterocycles. The van der Waals surface area contributed by atoms with E-state index in [1.165, 1.54) is 19.3 Å². The Bertz CT molecular complexity index is 452. The maximum atomic E-state index is 9.11. The van der Waals surface area contributed by atoms with E-state index in [9.17, 15) is 0 Å². The number of hydrogen-bond acceptors (Lipinski definition) is 2. The average molecular weight is 264 g/mol. The minimum absolute atomic E-state index is 0.247. The van der Waals surface area contributed by atoms with Crippen LogP contribution in [0.2, 0.25) is 5.02 Å². The van der Waals surface area contributed by atoms with Crippen LogP contribution >= 0.6 is 11.6 Å². The van der Waals surface area contributed by atoms with E-state index in [-0.39, 0.29) is 6.10 Å². The highest BCUT2D eigenvalue weighted by molar-refractivity contribution is 6.30. The number of benzene rings is 1. The standard InChI is InChI=1S/C15H18ClNO/c1-2-11-5-3-4-6-14(11)18-15-8-7-13(16)9-12(15)10-17/h7-9,11,14H,2-6H2,1H3. The lowest BCUT2D eigenvalue weighted by molar-refractivity contribution is 0.0901. The lowest BCUT2D eigenvalue weighted by Gasteiger charge is -2.31. The van der Waals surface area contributed by atoms with Crippen molar-refractivity contribution in [1.82, 2.24) is 0 Å². The maximum Gasteiger partial charge on any atom is 0.137 e. The van der Waals surface area contributed by atoms with E-state index in [0.29, 0.717) is 22.3 Å². The quantitative estimate of drug-likeness (QED) is 0.801. The van der Waals surface area contributed by atoms with Gasteiger partial charge in [-0.25, -0.2) is 0 Å².